The van der Waals surface area contributed by atoms with E-state index in [1.54, 1.807) is 24.3 Å². The van der Waals surface area contributed by atoms with Crippen molar-refractivity contribution in [1.82, 2.24) is 9.55 Å². The van der Waals surface area contributed by atoms with Gasteiger partial charge in [-0.15, -0.1) is 0 Å². The summed E-state index contributed by atoms with van der Waals surface area (Å²) < 4.78 is 1.45. The molecule has 1 aliphatic rings. The summed E-state index contributed by atoms with van der Waals surface area (Å²) in [5.74, 6) is -0.296. The van der Waals surface area contributed by atoms with Crippen LogP contribution in [0.5, 0.6) is 0 Å². The van der Waals surface area contributed by atoms with Gasteiger partial charge in [0.25, 0.3) is 5.56 Å². The predicted molar refractivity (Wildman–Crippen MR) is 92.4 cm³/mol. The van der Waals surface area contributed by atoms with E-state index < -0.39 is 0 Å². The van der Waals surface area contributed by atoms with Crippen molar-refractivity contribution in [3.05, 3.63) is 50.9 Å². The molecule has 5 nitrogen and oxygen atoms in total. The highest BCUT2D eigenvalue weighted by atomic mass is 35.5. The average Bonchev–Trinajstić information content (AvgIpc) is 3.01. The van der Waals surface area contributed by atoms with E-state index in [0.717, 1.165) is 30.5 Å². The van der Waals surface area contributed by atoms with Crippen molar-refractivity contribution in [1.29, 1.82) is 0 Å². The number of nitrogens with zero attached hydrogens (tertiary/aromatic N) is 2. The van der Waals surface area contributed by atoms with Gasteiger partial charge >= 0.3 is 0 Å². The third kappa shape index (κ3) is 3.28. The Bertz CT molecular complexity index is 819. The topological polar surface area (TPSA) is 64.0 Å². The van der Waals surface area contributed by atoms with Gasteiger partial charge in [0.2, 0.25) is 5.91 Å². The smallest absolute Gasteiger partial charge is 0.258 e. The molecule has 0 aliphatic heterocycles. The summed E-state index contributed by atoms with van der Waals surface area (Å²) in [6.07, 6.45) is 4.37. The number of halogens is 1. The number of amides is 1. The van der Waals surface area contributed by atoms with Gasteiger partial charge in [0, 0.05) is 5.56 Å². The molecule has 0 saturated heterocycles. The van der Waals surface area contributed by atoms with Gasteiger partial charge in [0.1, 0.15) is 6.54 Å². The molecule has 3 rings (SSSR count). The second-order valence-corrected chi connectivity index (χ2v) is 6.48. The summed E-state index contributed by atoms with van der Waals surface area (Å²) in [6.45, 7) is -0.0689. The zero-order valence-electron chi connectivity index (χ0n) is 12.6. The summed E-state index contributed by atoms with van der Waals surface area (Å²) in [6, 6.07) is 7.00. The van der Waals surface area contributed by atoms with Crippen LogP contribution in [0.4, 0.5) is 5.69 Å². The maximum absolute atomic E-state index is 12.6. The van der Waals surface area contributed by atoms with Gasteiger partial charge in [-0.05, 0) is 37.7 Å². The van der Waals surface area contributed by atoms with Gasteiger partial charge in [-0.3, -0.25) is 14.2 Å². The quantitative estimate of drug-likeness (QED) is 0.681. The van der Waals surface area contributed by atoms with Crippen molar-refractivity contribution >= 4 is 35.0 Å². The second kappa shape index (κ2) is 6.76. The van der Waals surface area contributed by atoms with E-state index in [1.165, 1.54) is 16.3 Å². The minimum atomic E-state index is -0.296. The molecule has 1 aromatic carbocycles. The third-order valence-electron chi connectivity index (χ3n) is 3.79. The molecule has 0 unspecified atom stereocenters. The van der Waals surface area contributed by atoms with Crippen LogP contribution >= 0.6 is 23.4 Å². The molecule has 0 spiro atoms. The first kappa shape index (κ1) is 16.1. The summed E-state index contributed by atoms with van der Waals surface area (Å²) in [4.78, 5) is 29.4. The molecule has 1 N–H and O–H groups in total. The third-order valence-corrected chi connectivity index (χ3v) is 4.79. The monoisotopic (exact) mass is 349 g/mol. The highest BCUT2D eigenvalue weighted by Crippen LogP contribution is 2.22. The number of anilines is 1. The molecule has 0 saturated carbocycles. The first-order chi connectivity index (χ1) is 11.1. The van der Waals surface area contributed by atoms with Crippen LogP contribution in [0.1, 0.15) is 17.7 Å². The van der Waals surface area contributed by atoms with Crippen LogP contribution < -0.4 is 10.9 Å². The van der Waals surface area contributed by atoms with Gasteiger partial charge in [0.05, 0.1) is 16.4 Å². The number of benzene rings is 1. The molecular weight excluding hydrogens is 334 g/mol. The zero-order chi connectivity index (χ0) is 16.4. The van der Waals surface area contributed by atoms with Crippen LogP contribution in [0.25, 0.3) is 0 Å². The van der Waals surface area contributed by atoms with Crippen molar-refractivity contribution in [3.63, 3.8) is 0 Å². The highest BCUT2D eigenvalue weighted by Gasteiger charge is 2.21. The number of aryl methyl sites for hydroxylation is 1. The minimum Gasteiger partial charge on any atom is -0.323 e. The number of aromatic nitrogens is 2. The van der Waals surface area contributed by atoms with Crippen molar-refractivity contribution in [2.45, 2.75) is 31.0 Å². The SMILES string of the molecule is CSc1nc2c(c(=O)n1CC(=O)Nc1ccccc1Cl)CCC2. The number of rotatable bonds is 4. The van der Waals surface area contributed by atoms with Gasteiger partial charge in [-0.2, -0.15) is 0 Å². The maximum atomic E-state index is 12.6. The molecule has 120 valence electrons. The van der Waals surface area contributed by atoms with Crippen LogP contribution in [0.3, 0.4) is 0 Å². The number of nitrogens with one attached hydrogen (secondary N) is 1. The van der Waals surface area contributed by atoms with E-state index in [2.05, 4.69) is 10.3 Å². The Morgan fingerprint density at radius 2 is 2.17 bits per heavy atom. The Kier molecular flexibility index (Phi) is 4.73. The molecule has 2 aromatic rings. The van der Waals surface area contributed by atoms with Gasteiger partial charge in [0.15, 0.2) is 5.16 Å². The van der Waals surface area contributed by atoms with Crippen molar-refractivity contribution in [3.8, 4) is 0 Å². The van der Waals surface area contributed by atoms with Gasteiger partial charge in [-0.1, -0.05) is 35.5 Å². The lowest BCUT2D eigenvalue weighted by Crippen LogP contribution is -2.32. The minimum absolute atomic E-state index is 0.0689. The molecule has 0 fully saturated rings. The lowest BCUT2D eigenvalue weighted by Gasteiger charge is -2.13. The molecule has 1 aromatic heterocycles. The molecule has 1 heterocycles. The molecule has 7 heteroatoms. The maximum Gasteiger partial charge on any atom is 0.258 e. The Morgan fingerprint density at radius 1 is 1.39 bits per heavy atom. The van der Waals surface area contributed by atoms with E-state index in [-0.39, 0.29) is 18.0 Å². The number of hydrogen-bond donors (Lipinski definition) is 1. The Balaban J connectivity index is 1.87. The first-order valence-corrected chi connectivity index (χ1v) is 8.91. The Labute approximate surface area is 143 Å². The van der Waals surface area contributed by atoms with Crippen LogP contribution in [0.15, 0.2) is 34.2 Å². The van der Waals surface area contributed by atoms with E-state index in [0.29, 0.717) is 15.9 Å². The predicted octanol–water partition coefficient (Wildman–Crippen LogP) is 2.75. The van der Waals surface area contributed by atoms with Crippen LogP contribution in [0, 0.1) is 0 Å². The molecule has 23 heavy (non-hydrogen) atoms. The number of fused-ring (bicyclic) bond motifs is 1. The molecule has 0 bridgehead atoms. The number of carbonyl (C=O) groups excluding carboxylic acids is 1. The fraction of sp³-hybridized carbons (Fsp3) is 0.312. The van der Waals surface area contributed by atoms with E-state index >= 15 is 0 Å². The summed E-state index contributed by atoms with van der Waals surface area (Å²) in [5, 5.41) is 3.77. The molecule has 1 amide bonds. The van der Waals surface area contributed by atoms with E-state index in [1.807, 2.05) is 6.26 Å². The molecular formula is C16H16ClN3O2S. The van der Waals surface area contributed by atoms with E-state index in [4.69, 9.17) is 11.6 Å². The van der Waals surface area contributed by atoms with Gasteiger partial charge < -0.3 is 5.32 Å². The summed E-state index contributed by atoms with van der Waals surface area (Å²) in [7, 11) is 0. The number of hydrogen-bond acceptors (Lipinski definition) is 4. The van der Waals surface area contributed by atoms with Crippen molar-refractivity contribution in [2.24, 2.45) is 0 Å². The Hall–Kier alpha value is -1.79. The largest absolute Gasteiger partial charge is 0.323 e. The fourth-order valence-electron chi connectivity index (χ4n) is 2.70. The molecule has 0 atom stereocenters. The normalized spacial score (nSPS) is 13.0. The van der Waals surface area contributed by atoms with Crippen LogP contribution in [-0.4, -0.2) is 21.7 Å². The van der Waals surface area contributed by atoms with Gasteiger partial charge in [-0.25, -0.2) is 4.98 Å². The summed E-state index contributed by atoms with van der Waals surface area (Å²) in [5.41, 5.74) is 2.05. The number of para-hydroxylation sites is 1. The number of carbonyl (C=O) groups is 1. The number of thioether (sulfide) groups is 1. The standard InChI is InChI=1S/C16H16ClN3O2S/c1-23-16-19-12-8-4-5-10(12)15(22)20(16)9-14(21)18-13-7-3-2-6-11(13)17/h2-3,6-7H,4-5,8-9H2,1H3,(H,18,21). The average molecular weight is 350 g/mol. The zero-order valence-corrected chi connectivity index (χ0v) is 14.2. The van der Waals surface area contributed by atoms with Crippen LogP contribution in [0.2, 0.25) is 5.02 Å². The molecule has 0 radical (unpaired) electrons. The molecule has 1 aliphatic carbocycles. The van der Waals surface area contributed by atoms with Crippen LogP contribution in [-0.2, 0) is 24.2 Å². The first-order valence-electron chi connectivity index (χ1n) is 7.31. The Morgan fingerprint density at radius 3 is 2.91 bits per heavy atom. The van der Waals surface area contributed by atoms with Crippen molar-refractivity contribution in [2.75, 3.05) is 11.6 Å². The lowest BCUT2D eigenvalue weighted by atomic mass is 10.2. The van der Waals surface area contributed by atoms with Crippen molar-refractivity contribution < 1.29 is 4.79 Å². The second-order valence-electron chi connectivity index (χ2n) is 5.30. The highest BCUT2D eigenvalue weighted by molar-refractivity contribution is 7.98. The summed E-state index contributed by atoms with van der Waals surface area (Å²) >= 11 is 7.41. The fourth-order valence-corrected chi connectivity index (χ4v) is 3.45. The lowest BCUT2D eigenvalue weighted by molar-refractivity contribution is -0.116. The van der Waals surface area contributed by atoms with E-state index in [9.17, 15) is 9.59 Å².